The van der Waals surface area contributed by atoms with E-state index in [1.165, 1.54) is 12.3 Å². The van der Waals surface area contributed by atoms with Gasteiger partial charge in [0.1, 0.15) is 29.7 Å². The molecule has 10 heteroatoms. The molecule has 0 bridgehead atoms. The molecule has 3 aromatic rings. The van der Waals surface area contributed by atoms with Crippen molar-refractivity contribution in [1.29, 1.82) is 5.26 Å². The highest BCUT2D eigenvalue weighted by Gasteiger charge is 2.18. The molecule has 10 nitrogen and oxygen atoms in total. The molecule has 0 aliphatic rings. The van der Waals surface area contributed by atoms with Gasteiger partial charge < -0.3 is 15.4 Å². The largest absolute Gasteiger partial charge is 0.494 e. The fraction of sp³-hybridized carbons (Fsp3) is 0.200. The zero-order valence-corrected chi connectivity index (χ0v) is 19.8. The predicted molar refractivity (Wildman–Crippen MR) is 134 cm³/mol. The number of anilines is 3. The van der Waals surface area contributed by atoms with E-state index in [1.54, 1.807) is 45.1 Å². The Bertz CT molecular complexity index is 1390. The standard InChI is InChI=1S/C25H24N8O2/c1-6-9-22(29-16(3)13-26)31-23-12-20(18(14-27-23)21(34)7-2)30-19-11-8-10-17(24(19)35-5)25-28-15-33(4)32-25/h1,8-12,14-15H,7H2,2-5H3,(H2,27,30,31)/b22-9+,29-16+. The Balaban J connectivity index is 2.05. The van der Waals surface area contributed by atoms with Gasteiger partial charge in [-0.2, -0.15) is 10.4 Å². The van der Waals surface area contributed by atoms with Crippen LogP contribution in [0.5, 0.6) is 5.75 Å². The predicted octanol–water partition coefficient (Wildman–Crippen LogP) is 4.09. The number of ether oxygens (including phenoxy) is 1. The number of aryl methyl sites for hydroxylation is 1. The summed E-state index contributed by atoms with van der Waals surface area (Å²) in [6, 6.07) is 9.12. The van der Waals surface area contributed by atoms with E-state index in [1.807, 2.05) is 24.3 Å². The number of aliphatic imine (C=N–C) groups is 1. The quantitative estimate of drug-likeness (QED) is 0.273. The number of allylic oxidation sites excluding steroid dienone is 1. The van der Waals surface area contributed by atoms with Crippen LogP contribution in [0.2, 0.25) is 0 Å². The Kier molecular flexibility index (Phi) is 7.94. The van der Waals surface area contributed by atoms with Crippen LogP contribution in [0, 0.1) is 23.7 Å². The number of nitriles is 1. The summed E-state index contributed by atoms with van der Waals surface area (Å²) in [6.45, 7) is 3.34. The van der Waals surface area contributed by atoms with E-state index < -0.39 is 0 Å². The molecule has 176 valence electrons. The van der Waals surface area contributed by atoms with Crippen LogP contribution in [0.1, 0.15) is 30.6 Å². The number of nitrogens with zero attached hydrogens (tertiary/aromatic N) is 6. The fourth-order valence-electron chi connectivity index (χ4n) is 3.19. The van der Waals surface area contributed by atoms with Crippen LogP contribution in [-0.2, 0) is 7.05 Å². The second kappa shape index (κ2) is 11.3. The number of hydrogen-bond acceptors (Lipinski definition) is 9. The molecule has 0 fully saturated rings. The molecule has 2 aromatic heterocycles. The zero-order chi connectivity index (χ0) is 25.4. The molecule has 0 saturated heterocycles. The van der Waals surface area contributed by atoms with Crippen molar-refractivity contribution in [2.24, 2.45) is 12.0 Å². The van der Waals surface area contributed by atoms with Crippen LogP contribution < -0.4 is 15.4 Å². The summed E-state index contributed by atoms with van der Waals surface area (Å²) in [6.07, 6.45) is 10.1. The highest BCUT2D eigenvalue weighted by Crippen LogP contribution is 2.37. The van der Waals surface area contributed by atoms with Crippen LogP contribution in [0.15, 0.2) is 53.7 Å². The van der Waals surface area contributed by atoms with Crippen LogP contribution in [-0.4, -0.2) is 38.4 Å². The van der Waals surface area contributed by atoms with E-state index >= 15 is 0 Å². The Morgan fingerprint density at radius 2 is 2.14 bits per heavy atom. The Hall–Kier alpha value is -4.96. The van der Waals surface area contributed by atoms with Gasteiger partial charge in [-0.05, 0) is 19.1 Å². The maximum Gasteiger partial charge on any atom is 0.184 e. The summed E-state index contributed by atoms with van der Waals surface area (Å²) in [4.78, 5) is 25.4. The molecule has 3 rings (SSSR count). The van der Waals surface area contributed by atoms with E-state index in [2.05, 4.69) is 36.6 Å². The number of Topliss-reactive ketones (excluding diaryl/α,β-unsaturated/α-hetero) is 1. The van der Waals surface area contributed by atoms with Crippen molar-refractivity contribution >= 4 is 28.7 Å². The van der Waals surface area contributed by atoms with Gasteiger partial charge >= 0.3 is 0 Å². The molecule has 35 heavy (non-hydrogen) atoms. The molecular formula is C25H24N8O2. The minimum absolute atomic E-state index is 0.0919. The molecule has 0 radical (unpaired) electrons. The molecule has 2 N–H and O–H groups in total. The minimum Gasteiger partial charge on any atom is -0.494 e. The fourth-order valence-corrected chi connectivity index (χ4v) is 3.19. The van der Waals surface area contributed by atoms with Crippen LogP contribution in [0.3, 0.4) is 0 Å². The second-order valence-electron chi connectivity index (χ2n) is 7.28. The van der Waals surface area contributed by atoms with E-state index in [9.17, 15) is 4.79 Å². The number of benzene rings is 1. The molecule has 0 aliphatic heterocycles. The molecule has 2 heterocycles. The van der Waals surface area contributed by atoms with Crippen molar-refractivity contribution in [3.63, 3.8) is 0 Å². The maximum atomic E-state index is 12.6. The van der Waals surface area contributed by atoms with E-state index in [4.69, 9.17) is 16.4 Å². The van der Waals surface area contributed by atoms with E-state index in [0.29, 0.717) is 46.3 Å². The number of terminal acetylenes is 1. The maximum absolute atomic E-state index is 12.6. The highest BCUT2D eigenvalue weighted by molar-refractivity contribution is 6.02. The number of methoxy groups -OCH3 is 1. The summed E-state index contributed by atoms with van der Waals surface area (Å²) in [5.41, 5.74) is 2.42. The number of carbonyl (C=O) groups excluding carboxylic acids is 1. The average molecular weight is 469 g/mol. The van der Waals surface area contributed by atoms with Gasteiger partial charge in [-0.1, -0.05) is 18.9 Å². The highest BCUT2D eigenvalue weighted by atomic mass is 16.5. The van der Waals surface area contributed by atoms with Crippen molar-refractivity contribution in [1.82, 2.24) is 19.7 Å². The average Bonchev–Trinajstić information content (AvgIpc) is 3.29. The van der Waals surface area contributed by atoms with Gasteiger partial charge in [0, 0.05) is 31.8 Å². The third kappa shape index (κ3) is 5.89. The van der Waals surface area contributed by atoms with Crippen LogP contribution in [0.25, 0.3) is 11.4 Å². The first-order valence-corrected chi connectivity index (χ1v) is 10.6. The van der Waals surface area contributed by atoms with E-state index in [-0.39, 0.29) is 17.3 Å². The molecule has 1 aromatic carbocycles. The third-order valence-corrected chi connectivity index (χ3v) is 4.78. The molecular weight excluding hydrogens is 444 g/mol. The number of para-hydroxylation sites is 1. The first-order valence-electron chi connectivity index (χ1n) is 10.6. The van der Waals surface area contributed by atoms with Crippen molar-refractivity contribution in [2.45, 2.75) is 20.3 Å². The van der Waals surface area contributed by atoms with Crippen molar-refractivity contribution in [3.05, 3.63) is 54.3 Å². The van der Waals surface area contributed by atoms with E-state index in [0.717, 1.165) is 0 Å². The number of aromatic nitrogens is 4. The smallest absolute Gasteiger partial charge is 0.184 e. The van der Waals surface area contributed by atoms with Gasteiger partial charge in [0.15, 0.2) is 17.4 Å². The lowest BCUT2D eigenvalue weighted by molar-refractivity contribution is 0.0988. The third-order valence-electron chi connectivity index (χ3n) is 4.78. The van der Waals surface area contributed by atoms with Gasteiger partial charge in [-0.3, -0.25) is 9.48 Å². The summed E-state index contributed by atoms with van der Waals surface area (Å²) in [5.74, 6) is 3.95. The van der Waals surface area contributed by atoms with Gasteiger partial charge in [0.2, 0.25) is 0 Å². The molecule has 0 amide bonds. The topological polar surface area (TPSA) is 130 Å². The Morgan fingerprint density at radius 3 is 2.77 bits per heavy atom. The molecule has 0 atom stereocenters. The summed E-state index contributed by atoms with van der Waals surface area (Å²) in [7, 11) is 3.33. The van der Waals surface area contributed by atoms with Crippen molar-refractivity contribution in [2.75, 3.05) is 17.7 Å². The van der Waals surface area contributed by atoms with Crippen LogP contribution in [0.4, 0.5) is 17.2 Å². The Labute approximate surface area is 203 Å². The van der Waals surface area contributed by atoms with Gasteiger partial charge in [0.25, 0.3) is 0 Å². The molecule has 0 spiro atoms. The van der Waals surface area contributed by atoms with Gasteiger partial charge in [-0.25, -0.2) is 15.0 Å². The van der Waals surface area contributed by atoms with Crippen LogP contribution >= 0.6 is 0 Å². The number of pyridine rings is 1. The van der Waals surface area contributed by atoms with Crippen molar-refractivity contribution < 1.29 is 9.53 Å². The lowest BCUT2D eigenvalue weighted by Gasteiger charge is -2.17. The Morgan fingerprint density at radius 1 is 1.34 bits per heavy atom. The van der Waals surface area contributed by atoms with Gasteiger partial charge in [-0.15, -0.1) is 6.42 Å². The lowest BCUT2D eigenvalue weighted by Crippen LogP contribution is -2.08. The SMILES string of the molecule is C#C/C=C(\N=C(/C)C#N)Nc1cc(Nc2cccc(-c3ncn(C)n3)c2OC)c(C(=O)CC)cn1. The molecule has 0 saturated carbocycles. The number of nitrogens with one attached hydrogen (secondary N) is 2. The summed E-state index contributed by atoms with van der Waals surface area (Å²) >= 11 is 0. The number of carbonyl (C=O) groups is 1. The first-order chi connectivity index (χ1) is 16.9. The normalized spacial score (nSPS) is 11.4. The first kappa shape index (κ1) is 24.7. The van der Waals surface area contributed by atoms with Crippen molar-refractivity contribution in [3.8, 4) is 35.6 Å². The number of rotatable bonds is 9. The summed E-state index contributed by atoms with van der Waals surface area (Å²) < 4.78 is 7.28. The molecule has 0 aliphatic carbocycles. The number of ketones is 1. The minimum atomic E-state index is -0.0919. The number of hydrogen-bond donors (Lipinski definition) is 2. The second-order valence-corrected chi connectivity index (χ2v) is 7.28. The monoisotopic (exact) mass is 468 g/mol. The summed E-state index contributed by atoms with van der Waals surface area (Å²) in [5, 5.41) is 19.7. The molecule has 0 unspecified atom stereocenters. The van der Waals surface area contributed by atoms with Gasteiger partial charge in [0.05, 0.1) is 29.6 Å². The zero-order valence-electron chi connectivity index (χ0n) is 19.8. The lowest BCUT2D eigenvalue weighted by atomic mass is 10.1.